The number of methoxy groups -OCH3 is 2. The van der Waals surface area contributed by atoms with Crippen molar-refractivity contribution >= 4 is 17.7 Å². The summed E-state index contributed by atoms with van der Waals surface area (Å²) in [6.07, 6.45) is 2.38. The van der Waals surface area contributed by atoms with E-state index < -0.39 is 0 Å². The molecule has 5 heteroatoms. The van der Waals surface area contributed by atoms with Crippen molar-refractivity contribution in [3.63, 3.8) is 0 Å². The van der Waals surface area contributed by atoms with Crippen LogP contribution >= 0.6 is 0 Å². The molecule has 1 aliphatic heterocycles. The molecule has 0 aliphatic carbocycles. The zero-order valence-corrected chi connectivity index (χ0v) is 10.4. The van der Waals surface area contributed by atoms with Gasteiger partial charge in [0.2, 0.25) is 0 Å². The molecule has 1 aromatic rings. The third-order valence-electron chi connectivity index (χ3n) is 2.74. The fourth-order valence-electron chi connectivity index (χ4n) is 1.88. The van der Waals surface area contributed by atoms with Crippen molar-refractivity contribution in [2.75, 3.05) is 26.6 Å². The van der Waals surface area contributed by atoms with Crippen LogP contribution in [0.15, 0.2) is 17.7 Å². The molecule has 1 heterocycles. The number of benzene rings is 1. The third kappa shape index (κ3) is 2.25. The minimum Gasteiger partial charge on any atom is -0.493 e. The lowest BCUT2D eigenvalue weighted by Crippen LogP contribution is -1.98. The van der Waals surface area contributed by atoms with Crippen molar-refractivity contribution in [1.29, 1.82) is 0 Å². The van der Waals surface area contributed by atoms with Crippen LogP contribution in [0.5, 0.6) is 11.5 Å². The lowest BCUT2D eigenvalue weighted by Gasteiger charge is -2.11. The minimum absolute atomic E-state index is 0.275. The first kappa shape index (κ1) is 12.3. The second-order valence-corrected chi connectivity index (χ2v) is 3.90. The van der Waals surface area contributed by atoms with Crippen LogP contribution in [0, 0.1) is 0 Å². The molecule has 0 saturated carbocycles. The van der Waals surface area contributed by atoms with Crippen LogP contribution < -0.4 is 15.2 Å². The van der Waals surface area contributed by atoms with E-state index in [9.17, 15) is 4.79 Å². The summed E-state index contributed by atoms with van der Waals surface area (Å²) in [4.78, 5) is 11.4. The quantitative estimate of drug-likeness (QED) is 0.500. The van der Waals surface area contributed by atoms with Gasteiger partial charge in [-0.15, -0.1) is 0 Å². The summed E-state index contributed by atoms with van der Waals surface area (Å²) in [7, 11) is 3.07. The largest absolute Gasteiger partial charge is 0.493 e. The van der Waals surface area contributed by atoms with E-state index in [0.717, 1.165) is 5.56 Å². The number of hydrogen-bond acceptors (Lipinski definition) is 5. The molecular formula is C13H15NO4. The zero-order chi connectivity index (χ0) is 13.1. The van der Waals surface area contributed by atoms with E-state index in [1.54, 1.807) is 18.2 Å². The summed E-state index contributed by atoms with van der Waals surface area (Å²) in [6, 6.07) is 3.51. The van der Waals surface area contributed by atoms with Crippen LogP contribution in [-0.4, -0.2) is 26.8 Å². The Bertz CT molecular complexity index is 508. The Kier molecular flexibility index (Phi) is 3.41. The molecule has 1 aromatic carbocycles. The highest BCUT2D eigenvalue weighted by Gasteiger charge is 2.19. The Morgan fingerprint density at radius 3 is 2.67 bits per heavy atom. The number of ether oxygens (including phenoxy) is 3. The number of carbonyl (C=O) groups excluding carboxylic acids is 1. The lowest BCUT2D eigenvalue weighted by atomic mass is 10.1. The van der Waals surface area contributed by atoms with Gasteiger partial charge in [0, 0.05) is 12.0 Å². The predicted octanol–water partition coefficient (Wildman–Crippen LogP) is 1.62. The summed E-state index contributed by atoms with van der Waals surface area (Å²) in [5.41, 5.74) is 7.77. The smallest absolute Gasteiger partial charge is 0.334 e. The average Bonchev–Trinajstić information content (AvgIpc) is 2.74. The number of cyclic esters (lactones) is 1. The number of esters is 1. The molecule has 5 nitrogen and oxygen atoms in total. The highest BCUT2D eigenvalue weighted by Crippen LogP contribution is 2.35. The first-order valence-electron chi connectivity index (χ1n) is 5.55. The topological polar surface area (TPSA) is 70.8 Å². The Hall–Kier alpha value is -2.17. The molecule has 1 aliphatic rings. The molecule has 0 atom stereocenters. The Balaban J connectivity index is 2.40. The number of hydrogen-bond donors (Lipinski definition) is 1. The van der Waals surface area contributed by atoms with E-state index in [2.05, 4.69) is 0 Å². The highest BCUT2D eigenvalue weighted by molar-refractivity contribution is 5.95. The van der Waals surface area contributed by atoms with Crippen LogP contribution in [0.1, 0.15) is 12.0 Å². The van der Waals surface area contributed by atoms with Gasteiger partial charge in [0.15, 0.2) is 11.5 Å². The molecule has 0 bridgehead atoms. The normalized spacial score (nSPS) is 16.8. The van der Waals surface area contributed by atoms with Gasteiger partial charge in [-0.05, 0) is 23.8 Å². The molecule has 2 N–H and O–H groups in total. The molecule has 0 amide bonds. The van der Waals surface area contributed by atoms with Gasteiger partial charge in [0.25, 0.3) is 0 Å². The van der Waals surface area contributed by atoms with Crippen LogP contribution in [0.3, 0.4) is 0 Å². The molecular weight excluding hydrogens is 234 g/mol. The number of carbonyl (C=O) groups is 1. The first-order valence-corrected chi connectivity index (χ1v) is 5.55. The van der Waals surface area contributed by atoms with Crippen molar-refractivity contribution in [3.05, 3.63) is 23.3 Å². The van der Waals surface area contributed by atoms with E-state index >= 15 is 0 Å². The van der Waals surface area contributed by atoms with Crippen LogP contribution in [0.2, 0.25) is 0 Å². The van der Waals surface area contributed by atoms with Crippen molar-refractivity contribution < 1.29 is 19.0 Å². The van der Waals surface area contributed by atoms with E-state index in [1.165, 1.54) is 14.2 Å². The summed E-state index contributed by atoms with van der Waals surface area (Å²) >= 11 is 0. The van der Waals surface area contributed by atoms with Crippen molar-refractivity contribution in [1.82, 2.24) is 0 Å². The Morgan fingerprint density at radius 2 is 2.11 bits per heavy atom. The molecule has 1 saturated heterocycles. The monoisotopic (exact) mass is 249 g/mol. The number of rotatable bonds is 3. The van der Waals surface area contributed by atoms with E-state index in [0.29, 0.717) is 35.8 Å². The molecule has 0 spiro atoms. The van der Waals surface area contributed by atoms with Gasteiger partial charge >= 0.3 is 5.97 Å². The van der Waals surface area contributed by atoms with Gasteiger partial charge in [-0.1, -0.05) is 0 Å². The van der Waals surface area contributed by atoms with Crippen LogP contribution in [-0.2, 0) is 9.53 Å². The molecule has 0 unspecified atom stereocenters. The van der Waals surface area contributed by atoms with Gasteiger partial charge in [0.05, 0.1) is 26.5 Å². The van der Waals surface area contributed by atoms with Gasteiger partial charge in [-0.2, -0.15) is 0 Å². The fraction of sp³-hybridized carbons (Fsp3) is 0.308. The number of anilines is 1. The second-order valence-electron chi connectivity index (χ2n) is 3.90. The molecule has 18 heavy (non-hydrogen) atoms. The van der Waals surface area contributed by atoms with Crippen molar-refractivity contribution in [2.45, 2.75) is 6.42 Å². The molecule has 2 rings (SSSR count). The summed E-state index contributed by atoms with van der Waals surface area (Å²) in [5, 5.41) is 0. The van der Waals surface area contributed by atoms with Gasteiger partial charge in [0.1, 0.15) is 0 Å². The molecule has 96 valence electrons. The summed E-state index contributed by atoms with van der Waals surface area (Å²) in [5.74, 6) is 0.757. The minimum atomic E-state index is -0.275. The predicted molar refractivity (Wildman–Crippen MR) is 67.5 cm³/mol. The SMILES string of the molecule is COc1cc(/C=C2\CCOC2=O)cc(N)c1OC. The van der Waals surface area contributed by atoms with E-state index in [4.69, 9.17) is 19.9 Å². The Morgan fingerprint density at radius 1 is 1.33 bits per heavy atom. The standard InChI is InChI=1S/C13H15NO4/c1-16-11-7-8(6-10(14)12(11)17-2)5-9-3-4-18-13(9)15/h5-7H,3-4,14H2,1-2H3/b9-5+. The maximum atomic E-state index is 11.4. The van der Waals surface area contributed by atoms with Crippen LogP contribution in [0.4, 0.5) is 5.69 Å². The molecule has 1 fully saturated rings. The van der Waals surface area contributed by atoms with Gasteiger partial charge in [-0.25, -0.2) is 4.79 Å². The van der Waals surface area contributed by atoms with Gasteiger partial charge in [-0.3, -0.25) is 0 Å². The fourth-order valence-corrected chi connectivity index (χ4v) is 1.88. The Labute approximate surface area is 105 Å². The number of nitrogen functional groups attached to an aromatic ring is 1. The number of nitrogens with two attached hydrogens (primary N) is 1. The first-order chi connectivity index (χ1) is 8.65. The third-order valence-corrected chi connectivity index (χ3v) is 2.74. The summed E-state index contributed by atoms with van der Waals surface area (Å²) in [6.45, 7) is 0.438. The second kappa shape index (κ2) is 5.00. The summed E-state index contributed by atoms with van der Waals surface area (Å²) < 4.78 is 15.2. The maximum absolute atomic E-state index is 11.4. The average molecular weight is 249 g/mol. The van der Waals surface area contributed by atoms with Gasteiger partial charge < -0.3 is 19.9 Å². The van der Waals surface area contributed by atoms with E-state index in [1.807, 2.05) is 0 Å². The molecule has 0 radical (unpaired) electrons. The highest BCUT2D eigenvalue weighted by atomic mass is 16.5. The zero-order valence-electron chi connectivity index (χ0n) is 10.4. The van der Waals surface area contributed by atoms with Crippen molar-refractivity contribution in [2.24, 2.45) is 0 Å². The van der Waals surface area contributed by atoms with Crippen molar-refractivity contribution in [3.8, 4) is 11.5 Å². The lowest BCUT2D eigenvalue weighted by molar-refractivity contribution is -0.134. The van der Waals surface area contributed by atoms with Crippen LogP contribution in [0.25, 0.3) is 6.08 Å². The van der Waals surface area contributed by atoms with E-state index in [-0.39, 0.29) is 5.97 Å². The molecule has 0 aromatic heterocycles. The maximum Gasteiger partial charge on any atom is 0.334 e.